The molecule has 72 valence electrons. The van der Waals surface area contributed by atoms with Crippen LogP contribution >= 0.6 is 12.6 Å². The molecule has 0 aliphatic rings. The van der Waals surface area contributed by atoms with Gasteiger partial charge in [-0.1, -0.05) is 32.0 Å². The molecular weight excluding hydrogens is 180 g/mol. The van der Waals surface area contributed by atoms with E-state index in [2.05, 4.69) is 12.6 Å². The molecule has 0 heterocycles. The van der Waals surface area contributed by atoms with E-state index in [1.54, 1.807) is 0 Å². The molecule has 0 spiro atoms. The summed E-state index contributed by atoms with van der Waals surface area (Å²) in [5.41, 5.74) is 0.224. The van der Waals surface area contributed by atoms with Gasteiger partial charge in [0.05, 0.1) is 5.60 Å². The van der Waals surface area contributed by atoms with E-state index in [0.717, 1.165) is 23.3 Å². The molecule has 1 aromatic rings. The van der Waals surface area contributed by atoms with E-state index >= 15 is 0 Å². The van der Waals surface area contributed by atoms with Crippen LogP contribution in [0.15, 0.2) is 29.2 Å². The van der Waals surface area contributed by atoms with Gasteiger partial charge in [-0.2, -0.15) is 0 Å². The Labute approximate surface area is 85.2 Å². The molecule has 2 heteroatoms. The highest BCUT2D eigenvalue weighted by Crippen LogP contribution is 2.32. The lowest BCUT2D eigenvalue weighted by molar-refractivity contribution is 0.0258. The molecule has 0 aliphatic heterocycles. The second-order valence-electron chi connectivity index (χ2n) is 3.26. The lowest BCUT2D eigenvalue weighted by atomic mass is 9.89. The molecule has 0 atom stereocenters. The zero-order valence-electron chi connectivity index (χ0n) is 8.12. The second-order valence-corrected chi connectivity index (χ2v) is 3.74. The van der Waals surface area contributed by atoms with E-state index in [0.29, 0.717) is 0 Å². The van der Waals surface area contributed by atoms with Gasteiger partial charge in [-0.3, -0.25) is 0 Å². The van der Waals surface area contributed by atoms with Crippen LogP contribution in [0.2, 0.25) is 0 Å². The standard InChI is InChI=1S/C11H16OS/c1-3-11(12,4-2)9-7-5-6-8-10(9)13/h5-8,12-13H,3-4H2,1-2H3. The quantitative estimate of drug-likeness (QED) is 0.712. The van der Waals surface area contributed by atoms with E-state index in [1.807, 2.05) is 38.1 Å². The Balaban J connectivity index is 3.12. The van der Waals surface area contributed by atoms with Crippen molar-refractivity contribution in [3.05, 3.63) is 29.8 Å². The Hall–Kier alpha value is -0.470. The Bertz CT molecular complexity index is 279. The summed E-state index contributed by atoms with van der Waals surface area (Å²) in [5.74, 6) is 0. The molecular formula is C11H16OS. The van der Waals surface area contributed by atoms with Crippen molar-refractivity contribution in [1.29, 1.82) is 0 Å². The third-order valence-corrected chi connectivity index (χ3v) is 2.97. The third-order valence-electron chi connectivity index (χ3n) is 2.58. The van der Waals surface area contributed by atoms with E-state index in [4.69, 9.17) is 0 Å². The van der Waals surface area contributed by atoms with Crippen LogP contribution in [0.25, 0.3) is 0 Å². The van der Waals surface area contributed by atoms with Crippen molar-refractivity contribution in [1.82, 2.24) is 0 Å². The van der Waals surface area contributed by atoms with E-state index in [9.17, 15) is 5.11 Å². The maximum absolute atomic E-state index is 10.2. The Kier molecular flexibility index (Phi) is 3.40. The smallest absolute Gasteiger partial charge is 0.0902 e. The Morgan fingerprint density at radius 2 is 1.77 bits per heavy atom. The van der Waals surface area contributed by atoms with Crippen LogP contribution in [0.3, 0.4) is 0 Å². The Morgan fingerprint density at radius 3 is 2.23 bits per heavy atom. The number of hydrogen-bond donors (Lipinski definition) is 2. The van der Waals surface area contributed by atoms with Gasteiger partial charge in [-0.05, 0) is 24.5 Å². The fourth-order valence-electron chi connectivity index (χ4n) is 1.50. The normalized spacial score (nSPS) is 11.7. The highest BCUT2D eigenvalue weighted by atomic mass is 32.1. The van der Waals surface area contributed by atoms with Crippen molar-refractivity contribution >= 4 is 12.6 Å². The highest BCUT2D eigenvalue weighted by Gasteiger charge is 2.26. The fourth-order valence-corrected chi connectivity index (χ4v) is 1.87. The van der Waals surface area contributed by atoms with Crippen LogP contribution in [0, 0.1) is 0 Å². The molecule has 1 N–H and O–H groups in total. The topological polar surface area (TPSA) is 20.2 Å². The molecule has 0 saturated heterocycles. The van der Waals surface area contributed by atoms with Gasteiger partial charge >= 0.3 is 0 Å². The van der Waals surface area contributed by atoms with Crippen molar-refractivity contribution in [3.63, 3.8) is 0 Å². The van der Waals surface area contributed by atoms with Gasteiger partial charge in [-0.25, -0.2) is 0 Å². The van der Waals surface area contributed by atoms with Crippen molar-refractivity contribution in [3.8, 4) is 0 Å². The summed E-state index contributed by atoms with van der Waals surface area (Å²) < 4.78 is 0. The molecule has 0 saturated carbocycles. The van der Waals surface area contributed by atoms with E-state index in [1.165, 1.54) is 0 Å². The average Bonchev–Trinajstić information content (AvgIpc) is 2.17. The van der Waals surface area contributed by atoms with Crippen LogP contribution in [-0.4, -0.2) is 5.11 Å². The van der Waals surface area contributed by atoms with Crippen molar-refractivity contribution in [2.24, 2.45) is 0 Å². The monoisotopic (exact) mass is 196 g/mol. The van der Waals surface area contributed by atoms with Crippen LogP contribution < -0.4 is 0 Å². The van der Waals surface area contributed by atoms with Crippen LogP contribution in [0.1, 0.15) is 32.3 Å². The number of thiol groups is 1. The summed E-state index contributed by atoms with van der Waals surface area (Å²) in [6, 6.07) is 7.72. The molecule has 0 bridgehead atoms. The summed E-state index contributed by atoms with van der Waals surface area (Å²) in [7, 11) is 0. The molecule has 0 radical (unpaired) electrons. The predicted octanol–water partition coefficient (Wildman–Crippen LogP) is 2.98. The number of aliphatic hydroxyl groups is 1. The maximum atomic E-state index is 10.2. The first-order chi connectivity index (χ1) is 6.14. The summed E-state index contributed by atoms with van der Waals surface area (Å²) in [4.78, 5) is 0.869. The van der Waals surface area contributed by atoms with Crippen molar-refractivity contribution in [2.75, 3.05) is 0 Å². The minimum absolute atomic E-state index is 0.710. The van der Waals surface area contributed by atoms with Gasteiger partial charge in [0.15, 0.2) is 0 Å². The van der Waals surface area contributed by atoms with Crippen molar-refractivity contribution in [2.45, 2.75) is 37.2 Å². The Morgan fingerprint density at radius 1 is 1.23 bits per heavy atom. The molecule has 13 heavy (non-hydrogen) atoms. The third kappa shape index (κ3) is 2.06. The number of rotatable bonds is 3. The zero-order chi connectivity index (χ0) is 9.90. The first-order valence-corrected chi connectivity index (χ1v) is 5.09. The summed E-state index contributed by atoms with van der Waals surface area (Å²) in [6.07, 6.45) is 1.45. The van der Waals surface area contributed by atoms with Gasteiger partial charge in [0.1, 0.15) is 0 Å². The molecule has 0 fully saturated rings. The van der Waals surface area contributed by atoms with Crippen molar-refractivity contribution < 1.29 is 5.11 Å². The molecule has 1 aromatic carbocycles. The van der Waals surface area contributed by atoms with Gasteiger partial charge < -0.3 is 5.11 Å². The summed E-state index contributed by atoms with van der Waals surface area (Å²) >= 11 is 4.34. The predicted molar refractivity (Wildman–Crippen MR) is 58.2 cm³/mol. The van der Waals surface area contributed by atoms with Crippen LogP contribution in [0.5, 0.6) is 0 Å². The molecule has 0 unspecified atom stereocenters. The minimum Gasteiger partial charge on any atom is -0.385 e. The first kappa shape index (κ1) is 10.6. The van der Waals surface area contributed by atoms with Gasteiger partial charge in [0.25, 0.3) is 0 Å². The number of hydrogen-bond acceptors (Lipinski definition) is 2. The lowest BCUT2D eigenvalue weighted by Gasteiger charge is -2.26. The van der Waals surface area contributed by atoms with Gasteiger partial charge in [0, 0.05) is 4.90 Å². The molecule has 0 aliphatic carbocycles. The van der Waals surface area contributed by atoms with Gasteiger partial charge in [-0.15, -0.1) is 12.6 Å². The van der Waals surface area contributed by atoms with E-state index in [-0.39, 0.29) is 0 Å². The largest absolute Gasteiger partial charge is 0.385 e. The first-order valence-electron chi connectivity index (χ1n) is 4.65. The SMILES string of the molecule is CCC(O)(CC)c1ccccc1S. The number of benzene rings is 1. The van der Waals surface area contributed by atoms with Gasteiger partial charge in [0.2, 0.25) is 0 Å². The summed E-state index contributed by atoms with van der Waals surface area (Å²) in [6.45, 7) is 3.98. The van der Waals surface area contributed by atoms with Crippen LogP contribution in [-0.2, 0) is 5.60 Å². The average molecular weight is 196 g/mol. The molecule has 0 amide bonds. The second kappa shape index (κ2) is 4.16. The minimum atomic E-state index is -0.710. The molecule has 1 nitrogen and oxygen atoms in total. The molecule has 0 aromatic heterocycles. The van der Waals surface area contributed by atoms with Crippen LogP contribution in [0.4, 0.5) is 0 Å². The van der Waals surface area contributed by atoms with E-state index < -0.39 is 5.60 Å². The molecule has 1 rings (SSSR count). The zero-order valence-corrected chi connectivity index (χ0v) is 9.01. The lowest BCUT2D eigenvalue weighted by Crippen LogP contribution is -2.23. The highest BCUT2D eigenvalue weighted by molar-refractivity contribution is 7.80. The fraction of sp³-hybridized carbons (Fsp3) is 0.455. The maximum Gasteiger partial charge on any atom is 0.0902 e. The summed E-state index contributed by atoms with van der Waals surface area (Å²) in [5, 5.41) is 10.2.